The van der Waals surface area contributed by atoms with Crippen LogP contribution in [0.15, 0.2) is 60.7 Å². The average molecular weight is 434 g/mol. The van der Waals surface area contributed by atoms with E-state index in [9.17, 15) is 9.59 Å². The fourth-order valence-electron chi connectivity index (χ4n) is 3.70. The van der Waals surface area contributed by atoms with E-state index in [2.05, 4.69) is 15.5 Å². The third kappa shape index (κ3) is 5.04. The molecule has 1 atom stereocenters. The van der Waals surface area contributed by atoms with Crippen molar-refractivity contribution in [2.75, 3.05) is 44.8 Å². The smallest absolute Gasteiger partial charge is 0.251 e. The van der Waals surface area contributed by atoms with E-state index in [1.807, 2.05) is 66.5 Å². The summed E-state index contributed by atoms with van der Waals surface area (Å²) in [6.07, 6.45) is 3.23. The van der Waals surface area contributed by atoms with Gasteiger partial charge in [-0.3, -0.25) is 19.6 Å². The van der Waals surface area contributed by atoms with Crippen molar-refractivity contribution >= 4 is 34.5 Å². The van der Waals surface area contributed by atoms with Crippen molar-refractivity contribution in [1.29, 1.82) is 0 Å². The molecule has 0 saturated carbocycles. The zero-order valence-electron chi connectivity index (χ0n) is 18.0. The number of amides is 2. The highest BCUT2D eigenvalue weighted by Gasteiger charge is 2.26. The molecular weight excluding hydrogens is 406 g/mol. The van der Waals surface area contributed by atoms with Crippen molar-refractivity contribution < 1.29 is 14.3 Å². The van der Waals surface area contributed by atoms with Crippen molar-refractivity contribution in [2.45, 2.75) is 6.04 Å². The molecule has 2 amide bonds. The van der Waals surface area contributed by atoms with Gasteiger partial charge in [0.15, 0.2) is 0 Å². The van der Waals surface area contributed by atoms with Crippen LogP contribution in [0.25, 0.3) is 17.0 Å². The standard InChI is InChI=1S/C24H27N5O3/c1-28-15-16-32-17-22(28)24(31)25-13-14-29(18-7-3-2-4-8-18)23(30)12-11-21-19-9-5-6-10-20(19)26-27-21/h2-12,22H,13-17H2,1H3,(H,25,31)(H,26,27)/b12-11+. The zero-order chi connectivity index (χ0) is 22.3. The van der Waals surface area contributed by atoms with Gasteiger partial charge in [0.05, 0.1) is 24.4 Å². The SMILES string of the molecule is CN1CCOCC1C(=O)NCCN(C(=O)/C=C/c1n[nH]c2ccccc12)c1ccccc1. The fourth-order valence-corrected chi connectivity index (χ4v) is 3.70. The third-order valence-electron chi connectivity index (χ3n) is 5.55. The van der Waals surface area contributed by atoms with Crippen LogP contribution in [0.4, 0.5) is 5.69 Å². The number of nitrogens with one attached hydrogen (secondary N) is 2. The first-order valence-corrected chi connectivity index (χ1v) is 10.7. The lowest BCUT2D eigenvalue weighted by Crippen LogP contribution is -2.53. The number of para-hydroxylation sites is 2. The van der Waals surface area contributed by atoms with Gasteiger partial charge in [-0.2, -0.15) is 5.10 Å². The Hall–Kier alpha value is -3.49. The molecule has 1 saturated heterocycles. The third-order valence-corrected chi connectivity index (χ3v) is 5.55. The Balaban J connectivity index is 1.43. The highest BCUT2D eigenvalue weighted by atomic mass is 16.5. The number of aromatic amines is 1. The number of benzene rings is 2. The molecule has 2 N–H and O–H groups in total. The van der Waals surface area contributed by atoms with Crippen LogP contribution >= 0.6 is 0 Å². The molecular formula is C24H27N5O3. The highest BCUT2D eigenvalue weighted by molar-refractivity contribution is 6.04. The van der Waals surface area contributed by atoms with E-state index in [1.165, 1.54) is 6.08 Å². The van der Waals surface area contributed by atoms with E-state index in [0.717, 1.165) is 23.1 Å². The number of ether oxygens (including phenoxy) is 1. The molecule has 2 aromatic carbocycles. The van der Waals surface area contributed by atoms with Gasteiger partial charge < -0.3 is 15.0 Å². The number of fused-ring (bicyclic) bond motifs is 1. The molecule has 1 aliphatic rings. The van der Waals surface area contributed by atoms with Crippen LogP contribution in [0.3, 0.4) is 0 Å². The zero-order valence-corrected chi connectivity index (χ0v) is 18.0. The number of anilines is 1. The van der Waals surface area contributed by atoms with Gasteiger partial charge >= 0.3 is 0 Å². The molecule has 4 rings (SSSR count). The minimum Gasteiger partial charge on any atom is -0.378 e. The van der Waals surface area contributed by atoms with Crippen LogP contribution in [0.5, 0.6) is 0 Å². The maximum atomic E-state index is 13.1. The lowest BCUT2D eigenvalue weighted by Gasteiger charge is -2.31. The number of rotatable bonds is 7. The Kier molecular flexibility index (Phi) is 6.94. The van der Waals surface area contributed by atoms with E-state index < -0.39 is 0 Å². The number of H-pyrrole nitrogens is 1. The summed E-state index contributed by atoms with van der Waals surface area (Å²) in [4.78, 5) is 29.2. The van der Waals surface area contributed by atoms with Crippen molar-refractivity contribution in [1.82, 2.24) is 20.4 Å². The largest absolute Gasteiger partial charge is 0.378 e. The molecule has 2 heterocycles. The minimum absolute atomic E-state index is 0.0915. The van der Waals surface area contributed by atoms with Gasteiger partial charge in [0.2, 0.25) is 5.91 Å². The first-order valence-electron chi connectivity index (χ1n) is 10.7. The van der Waals surface area contributed by atoms with Gasteiger partial charge in [-0.05, 0) is 31.3 Å². The monoisotopic (exact) mass is 433 g/mol. The van der Waals surface area contributed by atoms with Crippen molar-refractivity contribution in [3.8, 4) is 0 Å². The summed E-state index contributed by atoms with van der Waals surface area (Å²) in [5.41, 5.74) is 2.39. The second-order valence-electron chi connectivity index (χ2n) is 7.68. The van der Waals surface area contributed by atoms with E-state index in [4.69, 9.17) is 4.74 Å². The second kappa shape index (κ2) is 10.2. The van der Waals surface area contributed by atoms with Crippen molar-refractivity contribution in [3.63, 3.8) is 0 Å². The molecule has 0 bridgehead atoms. The van der Waals surface area contributed by atoms with Crippen LogP contribution in [0, 0.1) is 0 Å². The molecule has 1 aliphatic heterocycles. The van der Waals surface area contributed by atoms with Crippen molar-refractivity contribution in [2.24, 2.45) is 0 Å². The molecule has 166 valence electrons. The Morgan fingerprint density at radius 2 is 2.00 bits per heavy atom. The summed E-state index contributed by atoms with van der Waals surface area (Å²) in [5.74, 6) is -0.276. The predicted octanol–water partition coefficient (Wildman–Crippen LogP) is 2.06. The van der Waals surface area contributed by atoms with E-state index in [-0.39, 0.29) is 17.9 Å². The molecule has 0 radical (unpaired) electrons. The first kappa shape index (κ1) is 21.7. The van der Waals surface area contributed by atoms with Gasteiger partial charge in [-0.1, -0.05) is 36.4 Å². The molecule has 0 aliphatic carbocycles. The normalized spacial score (nSPS) is 17.0. The first-order chi connectivity index (χ1) is 15.6. The van der Waals surface area contributed by atoms with E-state index in [0.29, 0.717) is 32.0 Å². The second-order valence-corrected chi connectivity index (χ2v) is 7.68. The van der Waals surface area contributed by atoms with Gasteiger partial charge in [-0.15, -0.1) is 0 Å². The predicted molar refractivity (Wildman–Crippen MR) is 124 cm³/mol. The van der Waals surface area contributed by atoms with Crippen molar-refractivity contribution in [3.05, 3.63) is 66.4 Å². The maximum absolute atomic E-state index is 13.1. The Labute approximate surface area is 186 Å². The maximum Gasteiger partial charge on any atom is 0.251 e. The molecule has 8 heteroatoms. The van der Waals surface area contributed by atoms with Crippen LogP contribution in [0.2, 0.25) is 0 Å². The summed E-state index contributed by atoms with van der Waals surface area (Å²) < 4.78 is 5.42. The van der Waals surface area contributed by atoms with Gasteiger partial charge in [-0.25, -0.2) is 0 Å². The summed E-state index contributed by atoms with van der Waals surface area (Å²) in [6, 6.07) is 16.9. The topological polar surface area (TPSA) is 90.6 Å². The fraction of sp³-hybridized carbons (Fsp3) is 0.292. The number of aromatic nitrogens is 2. The number of morpholine rings is 1. The Bertz CT molecular complexity index is 1100. The van der Waals surface area contributed by atoms with Crippen LogP contribution in [0.1, 0.15) is 5.69 Å². The molecule has 3 aromatic rings. The molecule has 0 spiro atoms. The van der Waals surface area contributed by atoms with Gasteiger partial charge in [0.25, 0.3) is 5.91 Å². The highest BCUT2D eigenvalue weighted by Crippen LogP contribution is 2.18. The lowest BCUT2D eigenvalue weighted by atomic mass is 10.2. The molecule has 1 aromatic heterocycles. The van der Waals surface area contributed by atoms with Crippen LogP contribution in [-0.4, -0.2) is 72.8 Å². The summed E-state index contributed by atoms with van der Waals surface area (Å²) in [6.45, 7) is 2.41. The van der Waals surface area contributed by atoms with E-state index in [1.54, 1.807) is 11.0 Å². The Morgan fingerprint density at radius 1 is 1.22 bits per heavy atom. The molecule has 8 nitrogen and oxygen atoms in total. The summed E-state index contributed by atoms with van der Waals surface area (Å²) >= 11 is 0. The quantitative estimate of drug-likeness (QED) is 0.557. The van der Waals surface area contributed by atoms with Crippen LogP contribution < -0.4 is 10.2 Å². The number of hydrogen-bond donors (Lipinski definition) is 2. The van der Waals surface area contributed by atoms with Gasteiger partial charge in [0.1, 0.15) is 6.04 Å². The van der Waals surface area contributed by atoms with E-state index >= 15 is 0 Å². The summed E-state index contributed by atoms with van der Waals surface area (Å²) in [5, 5.41) is 11.1. The minimum atomic E-state index is -0.308. The molecule has 1 fully saturated rings. The van der Waals surface area contributed by atoms with Gasteiger partial charge in [0, 0.05) is 36.8 Å². The number of carbonyl (C=O) groups excluding carboxylic acids is 2. The Morgan fingerprint density at radius 3 is 2.81 bits per heavy atom. The lowest BCUT2D eigenvalue weighted by molar-refractivity contribution is -0.131. The number of hydrogen-bond acceptors (Lipinski definition) is 5. The summed E-state index contributed by atoms with van der Waals surface area (Å²) in [7, 11) is 1.91. The number of nitrogens with zero attached hydrogens (tertiary/aromatic N) is 3. The average Bonchev–Trinajstić information content (AvgIpc) is 3.24. The molecule has 32 heavy (non-hydrogen) atoms. The molecule has 1 unspecified atom stereocenters. The van der Waals surface area contributed by atoms with Crippen LogP contribution in [-0.2, 0) is 14.3 Å². The number of likely N-dealkylation sites (N-methyl/N-ethyl adjacent to an activating group) is 1. The number of carbonyl (C=O) groups is 2.